The minimum absolute atomic E-state index is 0.0890. The Morgan fingerprint density at radius 2 is 1.74 bits per heavy atom. The molecule has 0 bridgehead atoms. The number of halogens is 1. The molecule has 0 aliphatic carbocycles. The normalized spacial score (nSPS) is 16.0. The number of Topliss-reactive ketones (excluding diaryl/α,β-unsaturated/α-hetero) is 1. The maximum Gasteiger partial charge on any atom is 0.231 e. The summed E-state index contributed by atoms with van der Waals surface area (Å²) in [6.07, 6.45) is 2.71. The van der Waals surface area contributed by atoms with Crippen molar-refractivity contribution in [1.82, 2.24) is 4.90 Å². The number of benzene rings is 3. The fourth-order valence-electron chi connectivity index (χ4n) is 4.61. The Hall–Kier alpha value is -3.28. The highest BCUT2D eigenvalue weighted by Gasteiger charge is 2.33. The van der Waals surface area contributed by atoms with Crippen molar-refractivity contribution in [2.24, 2.45) is 0 Å². The van der Waals surface area contributed by atoms with E-state index in [0.29, 0.717) is 30.3 Å². The van der Waals surface area contributed by atoms with Crippen molar-refractivity contribution in [3.05, 3.63) is 93.7 Å². The molecule has 3 aromatic carbocycles. The Balaban J connectivity index is 1.32. The van der Waals surface area contributed by atoms with Gasteiger partial charge in [-0.2, -0.15) is 0 Å². The number of carbonyl (C=O) groups excluding carboxylic acids is 1. The molecule has 0 atom stereocenters. The zero-order valence-corrected chi connectivity index (χ0v) is 20.8. The summed E-state index contributed by atoms with van der Waals surface area (Å²) in [5.74, 6) is 1.66. The van der Waals surface area contributed by atoms with Crippen LogP contribution in [-0.4, -0.2) is 37.0 Å². The zero-order valence-electron chi connectivity index (χ0n) is 20.1. The van der Waals surface area contributed by atoms with Crippen LogP contribution in [-0.2, 0) is 13.0 Å². The van der Waals surface area contributed by atoms with Crippen molar-refractivity contribution >= 4 is 29.1 Å². The lowest BCUT2D eigenvalue weighted by Crippen LogP contribution is -2.33. The van der Waals surface area contributed by atoms with Gasteiger partial charge in [0.25, 0.3) is 0 Å². The summed E-state index contributed by atoms with van der Waals surface area (Å²) in [4.78, 5) is 17.6. The van der Waals surface area contributed by atoms with Crippen LogP contribution in [0.1, 0.15) is 40.9 Å². The van der Waals surface area contributed by atoms with Gasteiger partial charge in [0.05, 0.1) is 11.1 Å². The molecular formula is C29H29ClN2O3. The highest BCUT2D eigenvalue weighted by molar-refractivity contribution is 6.30. The highest BCUT2D eigenvalue weighted by Crippen LogP contribution is 2.42. The average molecular weight is 489 g/mol. The Labute approximate surface area is 211 Å². The third kappa shape index (κ3) is 4.93. The minimum Gasteiger partial charge on any atom is -0.478 e. The zero-order chi connectivity index (χ0) is 24.4. The van der Waals surface area contributed by atoms with Gasteiger partial charge in [0.15, 0.2) is 5.76 Å². The van der Waals surface area contributed by atoms with Crippen LogP contribution < -0.4 is 14.4 Å². The molecule has 0 saturated heterocycles. The topological polar surface area (TPSA) is 42.0 Å². The standard InChI is InChI=1S/C29H29ClN2O3/c1-3-32(4-2)23-11-7-21(8-12-23)17-27-28(33)24-13-14-26-25(29(24)35-27)18-31(19-34-26)16-15-20-5-9-22(30)10-6-20/h5-14,17H,3-4,15-16,18-19H2,1-2H3/b27-17-. The van der Waals surface area contributed by atoms with Crippen molar-refractivity contribution in [1.29, 1.82) is 0 Å². The monoisotopic (exact) mass is 488 g/mol. The number of ketones is 1. The van der Waals surface area contributed by atoms with Crippen LogP contribution in [0.15, 0.2) is 66.4 Å². The first-order valence-corrected chi connectivity index (χ1v) is 12.5. The van der Waals surface area contributed by atoms with Crippen molar-refractivity contribution in [3.8, 4) is 11.5 Å². The number of fused-ring (bicyclic) bond motifs is 3. The van der Waals surface area contributed by atoms with E-state index in [1.165, 1.54) is 11.3 Å². The van der Waals surface area contributed by atoms with Gasteiger partial charge >= 0.3 is 0 Å². The first-order chi connectivity index (χ1) is 17.1. The van der Waals surface area contributed by atoms with Crippen LogP contribution >= 0.6 is 11.6 Å². The van der Waals surface area contributed by atoms with Gasteiger partial charge in [0.2, 0.25) is 5.78 Å². The second kappa shape index (κ2) is 10.1. The van der Waals surface area contributed by atoms with Crippen molar-refractivity contribution < 1.29 is 14.3 Å². The quantitative estimate of drug-likeness (QED) is 0.370. The number of anilines is 1. The summed E-state index contributed by atoms with van der Waals surface area (Å²) in [6, 6.07) is 19.8. The van der Waals surface area contributed by atoms with Gasteiger partial charge in [0, 0.05) is 36.9 Å². The molecule has 0 amide bonds. The maximum absolute atomic E-state index is 13.1. The number of carbonyl (C=O) groups is 1. The van der Waals surface area contributed by atoms with Crippen LogP contribution in [0.4, 0.5) is 5.69 Å². The van der Waals surface area contributed by atoms with Gasteiger partial charge in [-0.25, -0.2) is 0 Å². The summed E-state index contributed by atoms with van der Waals surface area (Å²) >= 11 is 6.00. The summed E-state index contributed by atoms with van der Waals surface area (Å²) < 4.78 is 12.1. The number of rotatable bonds is 7. The predicted octanol–water partition coefficient (Wildman–Crippen LogP) is 6.20. The highest BCUT2D eigenvalue weighted by atomic mass is 35.5. The largest absolute Gasteiger partial charge is 0.478 e. The van der Waals surface area contributed by atoms with Crippen LogP contribution in [0, 0.1) is 0 Å². The summed E-state index contributed by atoms with van der Waals surface area (Å²) in [6.45, 7) is 8.21. The molecule has 2 aliphatic rings. The fourth-order valence-corrected chi connectivity index (χ4v) is 4.73. The van der Waals surface area contributed by atoms with Crippen LogP contribution in [0.3, 0.4) is 0 Å². The second-order valence-electron chi connectivity index (χ2n) is 8.82. The number of ether oxygens (including phenoxy) is 2. The lowest BCUT2D eigenvalue weighted by atomic mass is 10.0. The van der Waals surface area contributed by atoms with Crippen LogP contribution in [0.25, 0.3) is 6.08 Å². The lowest BCUT2D eigenvalue weighted by molar-refractivity contribution is 0.0950. The van der Waals surface area contributed by atoms with Gasteiger partial charge < -0.3 is 14.4 Å². The molecule has 35 heavy (non-hydrogen) atoms. The Morgan fingerprint density at radius 1 is 1.00 bits per heavy atom. The van der Waals surface area contributed by atoms with Gasteiger partial charge in [-0.15, -0.1) is 0 Å². The van der Waals surface area contributed by atoms with Crippen molar-refractivity contribution in [2.45, 2.75) is 26.8 Å². The van der Waals surface area contributed by atoms with Gasteiger partial charge in [-0.05, 0) is 73.9 Å². The smallest absolute Gasteiger partial charge is 0.231 e. The molecule has 0 radical (unpaired) electrons. The molecule has 2 aliphatic heterocycles. The molecule has 5 rings (SSSR count). The molecule has 0 spiro atoms. The third-order valence-electron chi connectivity index (χ3n) is 6.63. The lowest BCUT2D eigenvalue weighted by Gasteiger charge is -2.29. The van der Waals surface area contributed by atoms with Crippen molar-refractivity contribution in [3.63, 3.8) is 0 Å². The second-order valence-corrected chi connectivity index (χ2v) is 9.26. The molecule has 0 saturated carbocycles. The van der Waals surface area contributed by atoms with Crippen LogP contribution in [0.5, 0.6) is 11.5 Å². The summed E-state index contributed by atoms with van der Waals surface area (Å²) in [5.41, 5.74) is 4.86. The van der Waals surface area contributed by atoms with E-state index in [9.17, 15) is 4.79 Å². The van der Waals surface area contributed by atoms with Gasteiger partial charge in [0.1, 0.15) is 18.2 Å². The minimum atomic E-state index is -0.0890. The maximum atomic E-state index is 13.1. The number of hydrogen-bond acceptors (Lipinski definition) is 5. The molecule has 0 fully saturated rings. The van der Waals surface area contributed by atoms with Crippen LogP contribution in [0.2, 0.25) is 5.02 Å². The summed E-state index contributed by atoms with van der Waals surface area (Å²) in [5, 5.41) is 0.741. The van der Waals surface area contributed by atoms with Gasteiger partial charge in [-0.1, -0.05) is 35.9 Å². The number of allylic oxidation sites excluding steroid dienone is 1. The number of nitrogens with zero attached hydrogens (tertiary/aromatic N) is 2. The first-order valence-electron chi connectivity index (χ1n) is 12.1. The molecular weight excluding hydrogens is 460 g/mol. The van der Waals surface area contributed by atoms with E-state index in [2.05, 4.69) is 35.8 Å². The van der Waals surface area contributed by atoms with Gasteiger partial charge in [-0.3, -0.25) is 9.69 Å². The number of hydrogen-bond donors (Lipinski definition) is 0. The molecule has 180 valence electrons. The molecule has 3 aromatic rings. The molecule has 2 heterocycles. The van der Waals surface area contributed by atoms with E-state index in [1.54, 1.807) is 0 Å². The Kier molecular flexibility index (Phi) is 6.80. The average Bonchev–Trinajstić information content (AvgIpc) is 3.20. The molecule has 0 aromatic heterocycles. The molecule has 0 N–H and O–H groups in total. The molecule has 6 heteroatoms. The Morgan fingerprint density at radius 3 is 2.46 bits per heavy atom. The first kappa shape index (κ1) is 23.5. The molecule has 5 nitrogen and oxygen atoms in total. The van der Waals surface area contributed by atoms with E-state index >= 15 is 0 Å². The predicted molar refractivity (Wildman–Crippen MR) is 140 cm³/mol. The third-order valence-corrected chi connectivity index (χ3v) is 6.88. The van der Waals surface area contributed by atoms with E-state index in [4.69, 9.17) is 21.1 Å². The molecule has 0 unspecified atom stereocenters. The Bertz CT molecular complexity index is 1250. The van der Waals surface area contributed by atoms with E-state index in [-0.39, 0.29) is 5.78 Å². The SMILES string of the molecule is CCN(CC)c1ccc(/C=C2\Oc3c(ccc4c3CN(CCc3ccc(Cl)cc3)CO4)C2=O)cc1. The van der Waals surface area contributed by atoms with E-state index < -0.39 is 0 Å². The fraction of sp³-hybridized carbons (Fsp3) is 0.276. The van der Waals surface area contributed by atoms with E-state index in [1.807, 2.05) is 54.6 Å². The van der Waals surface area contributed by atoms with Crippen molar-refractivity contribution in [2.75, 3.05) is 31.3 Å². The van der Waals surface area contributed by atoms with E-state index in [0.717, 1.165) is 48.0 Å². The summed E-state index contributed by atoms with van der Waals surface area (Å²) in [7, 11) is 0.